The summed E-state index contributed by atoms with van der Waals surface area (Å²) in [6.45, 7) is 8.84. The lowest BCUT2D eigenvalue weighted by molar-refractivity contribution is 0.229. The maximum atomic E-state index is 11.9. The van der Waals surface area contributed by atoms with E-state index >= 15 is 0 Å². The van der Waals surface area contributed by atoms with Gasteiger partial charge in [0.25, 0.3) is 0 Å². The smallest absolute Gasteiger partial charge is 0.326 e. The molecule has 7 nitrogen and oxygen atoms in total. The van der Waals surface area contributed by atoms with Crippen molar-refractivity contribution < 1.29 is 4.79 Å². The summed E-state index contributed by atoms with van der Waals surface area (Å²) in [5, 5.41) is 10.1. The molecule has 2 aliphatic heterocycles. The van der Waals surface area contributed by atoms with Gasteiger partial charge in [-0.3, -0.25) is 4.90 Å². The van der Waals surface area contributed by atoms with Crippen molar-refractivity contribution in [3.8, 4) is 0 Å². The molecule has 0 N–H and O–H groups in total. The summed E-state index contributed by atoms with van der Waals surface area (Å²) in [6.07, 6.45) is 0. The fourth-order valence-electron chi connectivity index (χ4n) is 2.53. The molecule has 0 bridgehead atoms. The highest BCUT2D eigenvalue weighted by molar-refractivity contribution is 7.19. The van der Waals surface area contributed by atoms with Crippen LogP contribution in [0.25, 0.3) is 0 Å². The van der Waals surface area contributed by atoms with E-state index in [0.29, 0.717) is 11.7 Å². The van der Waals surface area contributed by atoms with Crippen LogP contribution in [-0.4, -0.2) is 78.9 Å². The Kier molecular flexibility index (Phi) is 3.75. The molecule has 2 saturated heterocycles. The molecule has 0 spiro atoms. The standard InChI is InChI=1S/C12H20N6OS/c1-3-16-5-7-17(8-6-16)10-13-14-11(20-10)18-9-4-15(2)12(18)19/h3-9H2,1-2H3. The van der Waals surface area contributed by atoms with E-state index in [1.807, 2.05) is 7.05 Å². The number of rotatable bonds is 3. The van der Waals surface area contributed by atoms with Gasteiger partial charge >= 0.3 is 6.03 Å². The number of nitrogens with zero attached hydrogens (tertiary/aromatic N) is 6. The molecule has 0 unspecified atom stereocenters. The number of aromatic nitrogens is 2. The normalized spacial score (nSPS) is 21.1. The second-order valence-corrected chi connectivity index (χ2v) is 6.08. The molecule has 8 heteroatoms. The lowest BCUT2D eigenvalue weighted by Crippen LogP contribution is -2.46. The molecule has 1 aromatic heterocycles. The fourth-order valence-corrected chi connectivity index (χ4v) is 3.44. The maximum Gasteiger partial charge on any atom is 0.326 e. The number of amides is 2. The van der Waals surface area contributed by atoms with Crippen LogP contribution in [0.2, 0.25) is 0 Å². The van der Waals surface area contributed by atoms with E-state index in [4.69, 9.17) is 0 Å². The molecule has 3 rings (SSSR count). The number of carbonyl (C=O) groups excluding carboxylic acids is 1. The second kappa shape index (κ2) is 5.53. The first-order chi connectivity index (χ1) is 9.69. The van der Waals surface area contributed by atoms with E-state index < -0.39 is 0 Å². The molecule has 2 aliphatic rings. The summed E-state index contributed by atoms with van der Waals surface area (Å²) < 4.78 is 0. The Labute approximate surface area is 122 Å². The van der Waals surface area contributed by atoms with Gasteiger partial charge in [-0.15, -0.1) is 10.2 Å². The number of hydrogen-bond donors (Lipinski definition) is 0. The average Bonchev–Trinajstić information content (AvgIpc) is 3.08. The first-order valence-corrected chi connectivity index (χ1v) is 7.84. The van der Waals surface area contributed by atoms with E-state index in [2.05, 4.69) is 26.9 Å². The zero-order valence-corrected chi connectivity index (χ0v) is 12.8. The summed E-state index contributed by atoms with van der Waals surface area (Å²) in [5.41, 5.74) is 0. The Morgan fingerprint density at radius 3 is 2.35 bits per heavy atom. The van der Waals surface area contributed by atoms with Gasteiger partial charge in [-0.05, 0) is 6.54 Å². The quantitative estimate of drug-likeness (QED) is 0.815. The number of carbonyl (C=O) groups is 1. The van der Waals surface area contributed by atoms with Gasteiger partial charge in [0.1, 0.15) is 0 Å². The van der Waals surface area contributed by atoms with Gasteiger partial charge in [-0.25, -0.2) is 4.79 Å². The van der Waals surface area contributed by atoms with Crippen molar-refractivity contribution in [1.29, 1.82) is 0 Å². The van der Waals surface area contributed by atoms with Crippen molar-refractivity contribution >= 4 is 27.6 Å². The molecule has 110 valence electrons. The van der Waals surface area contributed by atoms with Crippen LogP contribution in [0.15, 0.2) is 0 Å². The SMILES string of the molecule is CCN1CCN(c2nnc(N3CCN(C)C3=O)s2)CC1. The molecule has 0 saturated carbocycles. The van der Waals surface area contributed by atoms with Crippen LogP contribution < -0.4 is 9.80 Å². The Balaban J connectivity index is 1.67. The van der Waals surface area contributed by atoms with Crippen molar-refractivity contribution in [3.05, 3.63) is 0 Å². The highest BCUT2D eigenvalue weighted by Gasteiger charge is 2.30. The summed E-state index contributed by atoms with van der Waals surface area (Å²) in [6, 6.07) is 0.0171. The minimum Gasteiger partial charge on any atom is -0.344 e. The topological polar surface area (TPSA) is 55.8 Å². The zero-order valence-electron chi connectivity index (χ0n) is 11.9. The van der Waals surface area contributed by atoms with Crippen molar-refractivity contribution in [1.82, 2.24) is 20.0 Å². The number of piperazine rings is 1. The third kappa shape index (κ3) is 2.45. The van der Waals surface area contributed by atoms with Crippen LogP contribution >= 0.6 is 11.3 Å². The van der Waals surface area contributed by atoms with E-state index in [0.717, 1.165) is 44.4 Å². The minimum absolute atomic E-state index is 0.0171. The van der Waals surface area contributed by atoms with Crippen molar-refractivity contribution in [2.45, 2.75) is 6.92 Å². The molecule has 3 heterocycles. The highest BCUT2D eigenvalue weighted by Crippen LogP contribution is 2.29. The Bertz CT molecular complexity index is 484. The zero-order chi connectivity index (χ0) is 14.1. The fraction of sp³-hybridized carbons (Fsp3) is 0.750. The average molecular weight is 296 g/mol. The van der Waals surface area contributed by atoms with Crippen LogP contribution in [0, 0.1) is 0 Å². The summed E-state index contributed by atoms with van der Waals surface area (Å²) >= 11 is 1.51. The Morgan fingerprint density at radius 2 is 1.75 bits per heavy atom. The first-order valence-electron chi connectivity index (χ1n) is 7.02. The van der Waals surface area contributed by atoms with Crippen LogP contribution in [0.5, 0.6) is 0 Å². The van der Waals surface area contributed by atoms with Gasteiger partial charge in [0.05, 0.1) is 0 Å². The second-order valence-electron chi connectivity index (χ2n) is 5.14. The molecular formula is C12H20N6OS. The predicted molar refractivity (Wildman–Crippen MR) is 79.6 cm³/mol. The number of hydrogen-bond acceptors (Lipinski definition) is 6. The van der Waals surface area contributed by atoms with E-state index in [1.165, 1.54) is 11.3 Å². The largest absolute Gasteiger partial charge is 0.344 e. The van der Waals surface area contributed by atoms with Crippen molar-refractivity contribution in [2.75, 3.05) is 62.7 Å². The van der Waals surface area contributed by atoms with Crippen molar-refractivity contribution in [2.24, 2.45) is 0 Å². The molecular weight excluding hydrogens is 276 g/mol. The van der Waals surface area contributed by atoms with Gasteiger partial charge < -0.3 is 14.7 Å². The lowest BCUT2D eigenvalue weighted by atomic mass is 10.3. The van der Waals surface area contributed by atoms with Crippen LogP contribution in [0.1, 0.15) is 6.92 Å². The Hall–Kier alpha value is -1.41. The molecule has 0 radical (unpaired) electrons. The molecule has 0 atom stereocenters. The minimum atomic E-state index is 0.0171. The van der Waals surface area contributed by atoms with E-state index in [9.17, 15) is 4.79 Å². The Morgan fingerprint density at radius 1 is 1.05 bits per heavy atom. The summed E-state index contributed by atoms with van der Waals surface area (Å²) in [5.74, 6) is 0. The molecule has 0 aliphatic carbocycles. The van der Waals surface area contributed by atoms with Gasteiger partial charge in [0.2, 0.25) is 10.3 Å². The van der Waals surface area contributed by atoms with Gasteiger partial charge in [-0.2, -0.15) is 0 Å². The van der Waals surface area contributed by atoms with Gasteiger partial charge in [0, 0.05) is 46.3 Å². The van der Waals surface area contributed by atoms with E-state index in [-0.39, 0.29) is 6.03 Å². The van der Waals surface area contributed by atoms with Crippen molar-refractivity contribution in [3.63, 3.8) is 0 Å². The van der Waals surface area contributed by atoms with E-state index in [1.54, 1.807) is 9.80 Å². The molecule has 20 heavy (non-hydrogen) atoms. The predicted octanol–water partition coefficient (Wildman–Crippen LogP) is 0.552. The highest BCUT2D eigenvalue weighted by atomic mass is 32.1. The lowest BCUT2D eigenvalue weighted by Gasteiger charge is -2.33. The third-order valence-electron chi connectivity index (χ3n) is 3.94. The number of urea groups is 1. The summed E-state index contributed by atoms with van der Waals surface area (Å²) in [4.78, 5) is 20.1. The monoisotopic (exact) mass is 296 g/mol. The van der Waals surface area contributed by atoms with Gasteiger partial charge in [0.15, 0.2) is 0 Å². The van der Waals surface area contributed by atoms with Crippen LogP contribution in [-0.2, 0) is 0 Å². The van der Waals surface area contributed by atoms with Crippen LogP contribution in [0.4, 0.5) is 15.1 Å². The summed E-state index contributed by atoms with van der Waals surface area (Å²) in [7, 11) is 1.81. The molecule has 2 amide bonds. The van der Waals surface area contributed by atoms with Crippen LogP contribution in [0.3, 0.4) is 0 Å². The molecule has 0 aromatic carbocycles. The molecule has 2 fully saturated rings. The third-order valence-corrected chi connectivity index (χ3v) is 4.95. The molecule has 1 aromatic rings. The number of anilines is 2. The first kappa shape index (κ1) is 13.6. The maximum absolute atomic E-state index is 11.9. The number of likely N-dealkylation sites (N-methyl/N-ethyl adjacent to an activating group) is 2. The van der Waals surface area contributed by atoms with Gasteiger partial charge in [-0.1, -0.05) is 18.3 Å².